The van der Waals surface area contributed by atoms with Gasteiger partial charge in [-0.2, -0.15) is 5.10 Å². The molecule has 0 aliphatic carbocycles. The highest BCUT2D eigenvalue weighted by Gasteiger charge is 2.14. The SMILES string of the molecule is CCOC(C)C(N)Cc1ccn(C)n1. The third kappa shape index (κ3) is 3.12. The molecule has 1 aromatic rings. The minimum absolute atomic E-state index is 0.0184. The normalized spacial score (nSPS) is 15.4. The van der Waals surface area contributed by atoms with Gasteiger partial charge in [-0.05, 0) is 19.9 Å². The highest BCUT2D eigenvalue weighted by molar-refractivity contribution is 5.01. The molecule has 14 heavy (non-hydrogen) atoms. The van der Waals surface area contributed by atoms with Crippen LogP contribution in [0.5, 0.6) is 0 Å². The summed E-state index contributed by atoms with van der Waals surface area (Å²) in [4.78, 5) is 0. The van der Waals surface area contributed by atoms with Gasteiger partial charge < -0.3 is 10.5 Å². The van der Waals surface area contributed by atoms with Crippen LogP contribution in [0.1, 0.15) is 19.5 Å². The third-order valence-corrected chi connectivity index (χ3v) is 2.25. The second kappa shape index (κ2) is 5.12. The highest BCUT2D eigenvalue weighted by Crippen LogP contribution is 2.04. The number of hydrogen-bond donors (Lipinski definition) is 1. The molecule has 1 aromatic heterocycles. The number of hydrogen-bond acceptors (Lipinski definition) is 3. The first-order valence-corrected chi connectivity index (χ1v) is 4.99. The van der Waals surface area contributed by atoms with Gasteiger partial charge in [-0.3, -0.25) is 4.68 Å². The average Bonchev–Trinajstić information content (AvgIpc) is 2.51. The molecule has 0 bridgehead atoms. The summed E-state index contributed by atoms with van der Waals surface area (Å²) in [6.45, 7) is 4.68. The summed E-state index contributed by atoms with van der Waals surface area (Å²) in [6, 6.07) is 2.00. The first-order chi connectivity index (χ1) is 6.63. The van der Waals surface area contributed by atoms with E-state index in [2.05, 4.69) is 5.10 Å². The molecule has 80 valence electrons. The Hall–Kier alpha value is -0.870. The summed E-state index contributed by atoms with van der Waals surface area (Å²) in [7, 11) is 1.90. The number of ether oxygens (including phenoxy) is 1. The molecule has 2 unspecified atom stereocenters. The van der Waals surface area contributed by atoms with Gasteiger partial charge in [0.25, 0.3) is 0 Å². The van der Waals surface area contributed by atoms with Crippen LogP contribution in [0.2, 0.25) is 0 Å². The quantitative estimate of drug-likeness (QED) is 0.756. The fourth-order valence-electron chi connectivity index (χ4n) is 1.37. The molecule has 4 nitrogen and oxygen atoms in total. The molecule has 0 fully saturated rings. The fraction of sp³-hybridized carbons (Fsp3) is 0.700. The van der Waals surface area contributed by atoms with Gasteiger partial charge in [0.2, 0.25) is 0 Å². The second-order valence-electron chi connectivity index (χ2n) is 3.51. The molecular formula is C10H19N3O. The van der Waals surface area contributed by atoms with E-state index in [1.54, 1.807) is 4.68 Å². The van der Waals surface area contributed by atoms with Crippen LogP contribution in [-0.2, 0) is 18.2 Å². The van der Waals surface area contributed by atoms with E-state index in [1.807, 2.05) is 33.2 Å². The monoisotopic (exact) mass is 197 g/mol. The first kappa shape index (κ1) is 11.2. The first-order valence-electron chi connectivity index (χ1n) is 4.99. The zero-order chi connectivity index (χ0) is 10.6. The molecule has 0 radical (unpaired) electrons. The fourth-order valence-corrected chi connectivity index (χ4v) is 1.37. The van der Waals surface area contributed by atoms with Crippen LogP contribution in [0.15, 0.2) is 12.3 Å². The second-order valence-corrected chi connectivity index (χ2v) is 3.51. The maximum absolute atomic E-state index is 5.97. The van der Waals surface area contributed by atoms with Crippen molar-refractivity contribution in [3.8, 4) is 0 Å². The summed E-state index contributed by atoms with van der Waals surface area (Å²) < 4.78 is 7.21. The number of nitrogens with two attached hydrogens (primary N) is 1. The Labute approximate surface area is 85.0 Å². The van der Waals surface area contributed by atoms with Crippen molar-refractivity contribution in [1.82, 2.24) is 9.78 Å². The summed E-state index contributed by atoms with van der Waals surface area (Å²) in [6.07, 6.45) is 2.78. The molecule has 0 saturated carbocycles. The van der Waals surface area contributed by atoms with Crippen molar-refractivity contribution >= 4 is 0 Å². The standard InChI is InChI=1S/C10H19N3O/c1-4-14-8(2)10(11)7-9-5-6-13(3)12-9/h5-6,8,10H,4,7,11H2,1-3H3. The molecule has 0 spiro atoms. The van der Waals surface area contributed by atoms with Crippen LogP contribution in [-0.4, -0.2) is 28.5 Å². The number of aryl methyl sites for hydroxylation is 1. The van der Waals surface area contributed by atoms with E-state index in [9.17, 15) is 0 Å². The van der Waals surface area contributed by atoms with Gasteiger partial charge in [0.05, 0.1) is 11.8 Å². The maximum Gasteiger partial charge on any atom is 0.0701 e. The molecule has 1 rings (SSSR count). The molecule has 0 aromatic carbocycles. The summed E-state index contributed by atoms with van der Waals surface area (Å²) in [5, 5.41) is 4.27. The Bertz CT molecular complexity index is 272. The van der Waals surface area contributed by atoms with Crippen molar-refractivity contribution in [3.63, 3.8) is 0 Å². The molecule has 4 heteroatoms. The lowest BCUT2D eigenvalue weighted by atomic mass is 10.1. The van der Waals surface area contributed by atoms with E-state index < -0.39 is 0 Å². The van der Waals surface area contributed by atoms with Crippen molar-refractivity contribution < 1.29 is 4.74 Å². The number of nitrogens with zero attached hydrogens (tertiary/aromatic N) is 2. The summed E-state index contributed by atoms with van der Waals surface area (Å²) in [5.41, 5.74) is 6.99. The van der Waals surface area contributed by atoms with E-state index in [0.29, 0.717) is 6.61 Å². The van der Waals surface area contributed by atoms with Crippen molar-refractivity contribution in [2.24, 2.45) is 12.8 Å². The van der Waals surface area contributed by atoms with E-state index in [0.717, 1.165) is 12.1 Å². The van der Waals surface area contributed by atoms with Gasteiger partial charge in [-0.15, -0.1) is 0 Å². The zero-order valence-electron chi connectivity index (χ0n) is 9.10. The van der Waals surface area contributed by atoms with Crippen molar-refractivity contribution in [2.75, 3.05) is 6.61 Å². The van der Waals surface area contributed by atoms with E-state index in [4.69, 9.17) is 10.5 Å². The van der Waals surface area contributed by atoms with Crippen LogP contribution in [0, 0.1) is 0 Å². The molecule has 0 aliphatic heterocycles. The van der Waals surface area contributed by atoms with E-state index in [-0.39, 0.29) is 12.1 Å². The molecule has 0 saturated heterocycles. The average molecular weight is 197 g/mol. The van der Waals surface area contributed by atoms with Gasteiger partial charge in [-0.1, -0.05) is 0 Å². The molecule has 0 amide bonds. The minimum atomic E-state index is 0.0184. The predicted octanol–water partition coefficient (Wildman–Crippen LogP) is 0.715. The maximum atomic E-state index is 5.97. The van der Waals surface area contributed by atoms with Crippen molar-refractivity contribution in [2.45, 2.75) is 32.4 Å². The summed E-state index contributed by atoms with van der Waals surface area (Å²) in [5.74, 6) is 0. The Morgan fingerprint density at radius 2 is 2.36 bits per heavy atom. The Morgan fingerprint density at radius 1 is 1.64 bits per heavy atom. The van der Waals surface area contributed by atoms with Gasteiger partial charge in [0, 0.05) is 32.3 Å². The van der Waals surface area contributed by atoms with Gasteiger partial charge in [-0.25, -0.2) is 0 Å². The van der Waals surface area contributed by atoms with Crippen LogP contribution >= 0.6 is 0 Å². The third-order valence-electron chi connectivity index (χ3n) is 2.25. The van der Waals surface area contributed by atoms with E-state index >= 15 is 0 Å². The Balaban J connectivity index is 2.43. The van der Waals surface area contributed by atoms with Crippen LogP contribution in [0.25, 0.3) is 0 Å². The number of aromatic nitrogens is 2. The Kier molecular flexibility index (Phi) is 4.10. The number of rotatable bonds is 5. The minimum Gasteiger partial charge on any atom is -0.377 e. The van der Waals surface area contributed by atoms with Gasteiger partial charge in [0.15, 0.2) is 0 Å². The lowest BCUT2D eigenvalue weighted by Gasteiger charge is -2.18. The molecule has 2 N–H and O–H groups in total. The highest BCUT2D eigenvalue weighted by atomic mass is 16.5. The van der Waals surface area contributed by atoms with E-state index in [1.165, 1.54) is 0 Å². The summed E-state index contributed by atoms with van der Waals surface area (Å²) >= 11 is 0. The topological polar surface area (TPSA) is 53.1 Å². The zero-order valence-corrected chi connectivity index (χ0v) is 9.10. The molecule has 2 atom stereocenters. The van der Waals surface area contributed by atoms with Crippen LogP contribution in [0.3, 0.4) is 0 Å². The van der Waals surface area contributed by atoms with Gasteiger partial charge >= 0.3 is 0 Å². The van der Waals surface area contributed by atoms with Crippen LogP contribution in [0.4, 0.5) is 0 Å². The predicted molar refractivity (Wildman–Crippen MR) is 56.0 cm³/mol. The van der Waals surface area contributed by atoms with Gasteiger partial charge in [0.1, 0.15) is 0 Å². The largest absolute Gasteiger partial charge is 0.377 e. The smallest absolute Gasteiger partial charge is 0.0701 e. The molecule has 0 aliphatic rings. The van der Waals surface area contributed by atoms with Crippen molar-refractivity contribution in [1.29, 1.82) is 0 Å². The van der Waals surface area contributed by atoms with Crippen LogP contribution < -0.4 is 5.73 Å². The molecular weight excluding hydrogens is 178 g/mol. The lowest BCUT2D eigenvalue weighted by molar-refractivity contribution is 0.0574. The Morgan fingerprint density at radius 3 is 2.86 bits per heavy atom. The lowest BCUT2D eigenvalue weighted by Crippen LogP contribution is -2.36. The van der Waals surface area contributed by atoms with Crippen molar-refractivity contribution in [3.05, 3.63) is 18.0 Å². The molecule has 1 heterocycles.